The summed E-state index contributed by atoms with van der Waals surface area (Å²) in [6, 6.07) is 0.578. The van der Waals surface area contributed by atoms with Gasteiger partial charge in [-0.3, -0.25) is 0 Å². The van der Waals surface area contributed by atoms with Crippen LogP contribution in [-0.4, -0.2) is 35.0 Å². The second kappa shape index (κ2) is 3.94. The quantitative estimate of drug-likeness (QED) is 0.764. The van der Waals surface area contributed by atoms with Gasteiger partial charge in [0.1, 0.15) is 5.82 Å². The van der Waals surface area contributed by atoms with Crippen molar-refractivity contribution in [3.05, 3.63) is 18.2 Å². The van der Waals surface area contributed by atoms with Gasteiger partial charge >= 0.3 is 0 Å². The van der Waals surface area contributed by atoms with Gasteiger partial charge in [0.15, 0.2) is 0 Å². The van der Waals surface area contributed by atoms with Gasteiger partial charge in [-0.05, 0) is 39.8 Å². The summed E-state index contributed by atoms with van der Waals surface area (Å²) in [7, 11) is 4.25. The first-order valence-corrected chi connectivity index (χ1v) is 5.57. The predicted molar refractivity (Wildman–Crippen MR) is 60.4 cm³/mol. The van der Waals surface area contributed by atoms with Crippen molar-refractivity contribution in [2.75, 3.05) is 14.1 Å². The lowest BCUT2D eigenvalue weighted by Gasteiger charge is -2.39. The number of nitrogens with one attached hydrogen (secondary N) is 1. The molecule has 1 aromatic rings. The number of nitrogens with two attached hydrogens (primary N) is 1. The molecule has 4 nitrogen and oxygen atoms in total. The molecular formula is C11H20N4. The number of nitrogens with zero attached hydrogens (tertiary/aromatic N) is 2. The second-order valence-electron chi connectivity index (χ2n) is 4.81. The van der Waals surface area contributed by atoms with Crippen LogP contribution in [0.15, 0.2) is 12.4 Å². The molecule has 0 bridgehead atoms. The highest BCUT2D eigenvalue weighted by molar-refractivity contribution is 5.08. The van der Waals surface area contributed by atoms with Crippen molar-refractivity contribution >= 4 is 0 Å². The summed E-state index contributed by atoms with van der Waals surface area (Å²) in [4.78, 5) is 9.73. The minimum atomic E-state index is -0.253. The van der Waals surface area contributed by atoms with Gasteiger partial charge < -0.3 is 15.6 Å². The molecule has 0 radical (unpaired) electrons. The largest absolute Gasteiger partial charge is 0.347 e. The molecule has 4 heteroatoms. The maximum Gasteiger partial charge on any atom is 0.126 e. The van der Waals surface area contributed by atoms with Crippen LogP contribution >= 0.6 is 0 Å². The molecule has 1 aliphatic carbocycles. The van der Waals surface area contributed by atoms with E-state index in [4.69, 9.17) is 5.73 Å². The van der Waals surface area contributed by atoms with E-state index in [0.717, 1.165) is 18.7 Å². The van der Waals surface area contributed by atoms with Crippen LogP contribution in [0.5, 0.6) is 0 Å². The first kappa shape index (κ1) is 10.6. The summed E-state index contributed by atoms with van der Waals surface area (Å²) in [5.41, 5.74) is 6.18. The molecule has 3 N–H and O–H groups in total. The minimum absolute atomic E-state index is 0.253. The molecule has 2 atom stereocenters. The lowest BCUT2D eigenvalue weighted by Crippen LogP contribution is -2.47. The third-order valence-electron chi connectivity index (χ3n) is 3.46. The number of imidazole rings is 1. The van der Waals surface area contributed by atoms with Gasteiger partial charge in [0.25, 0.3) is 0 Å². The molecule has 1 fully saturated rings. The number of aromatic amines is 1. The predicted octanol–water partition coefficient (Wildman–Crippen LogP) is 1.07. The van der Waals surface area contributed by atoms with Gasteiger partial charge in [0.2, 0.25) is 0 Å². The maximum atomic E-state index is 6.43. The number of aromatic nitrogens is 2. The molecule has 0 spiro atoms. The molecule has 1 aromatic heterocycles. The van der Waals surface area contributed by atoms with E-state index in [1.165, 1.54) is 12.8 Å². The van der Waals surface area contributed by atoms with Crippen LogP contribution in [0.25, 0.3) is 0 Å². The topological polar surface area (TPSA) is 57.9 Å². The highest BCUT2D eigenvalue weighted by Crippen LogP contribution is 2.34. The highest BCUT2D eigenvalue weighted by atomic mass is 15.1. The third-order valence-corrected chi connectivity index (χ3v) is 3.46. The van der Waals surface area contributed by atoms with Crippen LogP contribution in [0.3, 0.4) is 0 Å². The van der Waals surface area contributed by atoms with Crippen molar-refractivity contribution in [2.24, 2.45) is 5.73 Å². The van der Waals surface area contributed by atoms with E-state index in [-0.39, 0.29) is 5.54 Å². The van der Waals surface area contributed by atoms with Crippen LogP contribution in [0.1, 0.15) is 31.5 Å². The zero-order valence-corrected chi connectivity index (χ0v) is 9.53. The Hall–Kier alpha value is -0.870. The summed E-state index contributed by atoms with van der Waals surface area (Å²) >= 11 is 0. The van der Waals surface area contributed by atoms with Crippen LogP contribution in [0, 0.1) is 0 Å². The Kier molecular flexibility index (Phi) is 2.80. The molecule has 0 aliphatic heterocycles. The minimum Gasteiger partial charge on any atom is -0.347 e. The highest BCUT2D eigenvalue weighted by Gasteiger charge is 2.36. The zero-order valence-electron chi connectivity index (χ0n) is 9.53. The van der Waals surface area contributed by atoms with E-state index in [1.54, 1.807) is 6.20 Å². The molecule has 84 valence electrons. The molecule has 1 saturated carbocycles. The first-order valence-electron chi connectivity index (χ1n) is 5.57. The summed E-state index contributed by atoms with van der Waals surface area (Å²) < 4.78 is 0. The van der Waals surface area contributed by atoms with Gasteiger partial charge in [0, 0.05) is 18.4 Å². The van der Waals surface area contributed by atoms with Crippen molar-refractivity contribution < 1.29 is 0 Å². The molecule has 2 rings (SSSR count). The van der Waals surface area contributed by atoms with E-state index in [1.807, 2.05) is 6.20 Å². The van der Waals surface area contributed by atoms with Crippen molar-refractivity contribution in [3.8, 4) is 0 Å². The van der Waals surface area contributed by atoms with Gasteiger partial charge in [-0.1, -0.05) is 0 Å². The molecule has 1 heterocycles. The summed E-state index contributed by atoms with van der Waals surface area (Å²) in [5.74, 6) is 0.939. The fraction of sp³-hybridized carbons (Fsp3) is 0.727. The molecule has 0 saturated heterocycles. The number of H-pyrrole nitrogens is 1. The molecule has 0 amide bonds. The Labute approximate surface area is 90.9 Å². The lowest BCUT2D eigenvalue weighted by molar-refractivity contribution is 0.157. The summed E-state index contributed by atoms with van der Waals surface area (Å²) in [5, 5.41) is 0. The van der Waals surface area contributed by atoms with Crippen LogP contribution in [0.2, 0.25) is 0 Å². The Morgan fingerprint density at radius 3 is 3.00 bits per heavy atom. The van der Waals surface area contributed by atoms with Gasteiger partial charge in [0.05, 0.1) is 5.54 Å². The third kappa shape index (κ3) is 2.06. The van der Waals surface area contributed by atoms with Crippen molar-refractivity contribution in [3.63, 3.8) is 0 Å². The van der Waals surface area contributed by atoms with E-state index in [9.17, 15) is 0 Å². The average molecular weight is 208 g/mol. The van der Waals surface area contributed by atoms with Gasteiger partial charge in [-0.15, -0.1) is 0 Å². The summed E-state index contributed by atoms with van der Waals surface area (Å²) in [6.45, 7) is 0. The van der Waals surface area contributed by atoms with Crippen LogP contribution in [-0.2, 0) is 5.54 Å². The maximum absolute atomic E-state index is 6.43. The molecule has 1 aliphatic rings. The standard InChI is InChI=1S/C11H20N4/c1-15(2)9-4-3-5-11(12,8-9)10-13-6-7-14-10/h6-7,9H,3-5,8,12H2,1-2H3,(H,13,14)/t9-,11-/m1/s1. The first-order chi connectivity index (χ1) is 7.12. The Bertz CT molecular complexity index is 306. The normalized spacial score (nSPS) is 32.1. The Morgan fingerprint density at radius 2 is 2.40 bits per heavy atom. The number of rotatable bonds is 2. The SMILES string of the molecule is CN(C)[C@@H]1CCC[C@](N)(c2ncc[nH]2)C1. The molecular weight excluding hydrogens is 188 g/mol. The van der Waals surface area contributed by atoms with E-state index in [2.05, 4.69) is 29.0 Å². The zero-order chi connectivity index (χ0) is 10.9. The Balaban J connectivity index is 2.15. The molecule has 15 heavy (non-hydrogen) atoms. The number of hydrogen-bond donors (Lipinski definition) is 2. The monoisotopic (exact) mass is 208 g/mol. The van der Waals surface area contributed by atoms with Crippen LogP contribution < -0.4 is 5.73 Å². The van der Waals surface area contributed by atoms with Crippen molar-refractivity contribution in [2.45, 2.75) is 37.3 Å². The molecule has 0 unspecified atom stereocenters. The van der Waals surface area contributed by atoms with Gasteiger partial charge in [-0.2, -0.15) is 0 Å². The average Bonchev–Trinajstić information content (AvgIpc) is 2.71. The molecule has 0 aromatic carbocycles. The fourth-order valence-electron chi connectivity index (χ4n) is 2.47. The number of hydrogen-bond acceptors (Lipinski definition) is 3. The second-order valence-corrected chi connectivity index (χ2v) is 4.81. The fourth-order valence-corrected chi connectivity index (χ4v) is 2.47. The van der Waals surface area contributed by atoms with Crippen molar-refractivity contribution in [1.29, 1.82) is 0 Å². The van der Waals surface area contributed by atoms with Gasteiger partial charge in [-0.25, -0.2) is 4.98 Å². The van der Waals surface area contributed by atoms with E-state index in [0.29, 0.717) is 6.04 Å². The van der Waals surface area contributed by atoms with E-state index < -0.39 is 0 Å². The van der Waals surface area contributed by atoms with Crippen molar-refractivity contribution in [1.82, 2.24) is 14.9 Å². The lowest BCUT2D eigenvalue weighted by atomic mass is 9.79. The van der Waals surface area contributed by atoms with E-state index >= 15 is 0 Å². The summed E-state index contributed by atoms with van der Waals surface area (Å²) in [6.07, 6.45) is 8.08. The Morgan fingerprint density at radius 1 is 1.60 bits per heavy atom. The smallest absolute Gasteiger partial charge is 0.126 e. The van der Waals surface area contributed by atoms with Crippen LogP contribution in [0.4, 0.5) is 0 Å².